The summed E-state index contributed by atoms with van der Waals surface area (Å²) >= 11 is 0. The molecule has 1 saturated heterocycles. The molecule has 1 N–H and O–H groups in total. The molecule has 0 aliphatic carbocycles. The molecule has 28 heavy (non-hydrogen) atoms. The molecule has 0 spiro atoms. The van der Waals surface area contributed by atoms with Crippen molar-refractivity contribution >= 4 is 22.8 Å². The Bertz CT molecular complexity index is 949. The Labute approximate surface area is 163 Å². The second-order valence-electron chi connectivity index (χ2n) is 6.67. The van der Waals surface area contributed by atoms with E-state index in [0.717, 1.165) is 30.7 Å². The Balaban J connectivity index is 1.52. The maximum atomic E-state index is 12.6. The third-order valence-corrected chi connectivity index (χ3v) is 4.96. The van der Waals surface area contributed by atoms with Crippen LogP contribution in [0.2, 0.25) is 0 Å². The topological polar surface area (TPSA) is 68.6 Å². The number of aromatic nitrogens is 2. The third kappa shape index (κ3) is 3.66. The zero-order valence-corrected chi connectivity index (χ0v) is 15.9. The summed E-state index contributed by atoms with van der Waals surface area (Å²) in [5, 5.41) is 2.96. The lowest BCUT2D eigenvalue weighted by Crippen LogP contribution is -2.36. The van der Waals surface area contributed by atoms with Crippen LogP contribution in [0.5, 0.6) is 5.75 Å². The van der Waals surface area contributed by atoms with Crippen LogP contribution in [-0.2, 0) is 11.2 Å². The Hall–Kier alpha value is -3.06. The van der Waals surface area contributed by atoms with Crippen LogP contribution in [-0.4, -0.2) is 55.5 Å². The van der Waals surface area contributed by atoms with E-state index in [9.17, 15) is 4.79 Å². The number of nitrogens with one attached hydrogen (secondary N) is 1. The monoisotopic (exact) mass is 380 g/mol. The summed E-state index contributed by atoms with van der Waals surface area (Å²) in [5.41, 5.74) is 3.58. The van der Waals surface area contributed by atoms with E-state index in [1.807, 2.05) is 30.3 Å². The molecule has 7 heteroatoms. The van der Waals surface area contributed by atoms with Crippen molar-refractivity contribution in [3.63, 3.8) is 0 Å². The first kappa shape index (κ1) is 18.3. The summed E-state index contributed by atoms with van der Waals surface area (Å²) in [7, 11) is 1.64. The van der Waals surface area contributed by atoms with Crippen molar-refractivity contribution in [2.24, 2.45) is 0 Å². The predicted molar refractivity (Wildman–Crippen MR) is 108 cm³/mol. The fraction of sp³-hybridized carbons (Fsp3) is 0.333. The number of benzene rings is 2. The number of anilines is 1. The van der Waals surface area contributed by atoms with E-state index >= 15 is 0 Å². The smallest absolute Gasteiger partial charge is 0.327 e. The summed E-state index contributed by atoms with van der Waals surface area (Å²) in [6, 6.07) is 13.8. The first-order valence-electron chi connectivity index (χ1n) is 9.47. The molecule has 1 fully saturated rings. The number of hydrogen-bond donors (Lipinski definition) is 1. The lowest BCUT2D eigenvalue weighted by Gasteiger charge is -2.30. The Kier molecular flexibility index (Phi) is 5.43. The summed E-state index contributed by atoms with van der Waals surface area (Å²) < 4.78 is 12.6. The van der Waals surface area contributed by atoms with Gasteiger partial charge >= 0.3 is 6.03 Å². The molecule has 2 heterocycles. The van der Waals surface area contributed by atoms with Gasteiger partial charge in [-0.3, -0.25) is 4.57 Å². The van der Waals surface area contributed by atoms with Crippen LogP contribution < -0.4 is 15.0 Å². The molecular formula is C21H24N4O3. The van der Waals surface area contributed by atoms with Crippen LogP contribution in [0.25, 0.3) is 11.0 Å². The van der Waals surface area contributed by atoms with Crippen LogP contribution in [0.15, 0.2) is 48.8 Å². The minimum Gasteiger partial charge on any atom is -0.492 e. The van der Waals surface area contributed by atoms with E-state index in [2.05, 4.69) is 27.3 Å². The van der Waals surface area contributed by atoms with E-state index in [1.54, 1.807) is 13.4 Å². The van der Waals surface area contributed by atoms with Gasteiger partial charge in [-0.15, -0.1) is 0 Å². The van der Waals surface area contributed by atoms with E-state index in [4.69, 9.17) is 9.47 Å². The van der Waals surface area contributed by atoms with E-state index in [1.165, 1.54) is 10.1 Å². The molecule has 1 aromatic heterocycles. The van der Waals surface area contributed by atoms with Gasteiger partial charge in [0.15, 0.2) is 5.75 Å². The number of carbonyl (C=O) groups is 1. The minimum atomic E-state index is -0.195. The van der Waals surface area contributed by atoms with Gasteiger partial charge < -0.3 is 19.7 Å². The van der Waals surface area contributed by atoms with Gasteiger partial charge in [-0.05, 0) is 24.1 Å². The second kappa shape index (κ2) is 8.31. The molecule has 4 rings (SSSR count). The molecule has 146 valence electrons. The highest BCUT2D eigenvalue weighted by Crippen LogP contribution is 2.35. The molecular weight excluding hydrogens is 356 g/mol. The number of morpholine rings is 1. The highest BCUT2D eigenvalue weighted by Gasteiger charge is 2.21. The molecule has 1 amide bonds. The second-order valence-corrected chi connectivity index (χ2v) is 6.67. The quantitative estimate of drug-likeness (QED) is 0.737. The summed E-state index contributed by atoms with van der Waals surface area (Å²) in [6.07, 6.45) is 2.33. The lowest BCUT2D eigenvalue weighted by molar-refractivity contribution is 0.122. The van der Waals surface area contributed by atoms with Crippen LogP contribution >= 0.6 is 0 Å². The van der Waals surface area contributed by atoms with Gasteiger partial charge in [0.05, 0.1) is 31.5 Å². The minimum absolute atomic E-state index is 0.195. The van der Waals surface area contributed by atoms with Gasteiger partial charge in [-0.25, -0.2) is 9.78 Å². The number of amides is 1. The molecule has 2 aromatic carbocycles. The van der Waals surface area contributed by atoms with Crippen molar-refractivity contribution in [1.29, 1.82) is 0 Å². The van der Waals surface area contributed by atoms with Crippen LogP contribution in [0.3, 0.4) is 0 Å². The number of ether oxygens (including phenoxy) is 2. The fourth-order valence-electron chi connectivity index (χ4n) is 3.51. The summed E-state index contributed by atoms with van der Waals surface area (Å²) in [5.74, 6) is 0.690. The van der Waals surface area contributed by atoms with Crippen molar-refractivity contribution < 1.29 is 14.3 Å². The molecule has 7 nitrogen and oxygen atoms in total. The normalized spacial score (nSPS) is 14.2. The predicted octanol–water partition coefficient (Wildman–Crippen LogP) is 2.68. The number of rotatable bonds is 5. The number of imidazole rings is 1. The SMILES string of the molecule is COc1c(N2CCOCC2)ccc2c1ncn2C(=O)NCCc1ccccc1. The molecule has 0 radical (unpaired) electrons. The molecule has 1 aliphatic heterocycles. The lowest BCUT2D eigenvalue weighted by atomic mass is 10.1. The van der Waals surface area contributed by atoms with Crippen LogP contribution in [0.4, 0.5) is 10.5 Å². The van der Waals surface area contributed by atoms with E-state index in [-0.39, 0.29) is 6.03 Å². The molecule has 0 bridgehead atoms. The van der Waals surface area contributed by atoms with Crippen LogP contribution in [0, 0.1) is 0 Å². The van der Waals surface area contributed by atoms with Crippen molar-refractivity contribution in [3.05, 3.63) is 54.4 Å². The van der Waals surface area contributed by atoms with Crippen molar-refractivity contribution in [3.8, 4) is 5.75 Å². The Morgan fingerprint density at radius 3 is 2.71 bits per heavy atom. The van der Waals surface area contributed by atoms with Crippen molar-refractivity contribution in [2.75, 3.05) is 44.9 Å². The Morgan fingerprint density at radius 2 is 1.96 bits per heavy atom. The largest absolute Gasteiger partial charge is 0.492 e. The third-order valence-electron chi connectivity index (χ3n) is 4.96. The first-order valence-corrected chi connectivity index (χ1v) is 9.47. The van der Waals surface area contributed by atoms with Gasteiger partial charge in [0, 0.05) is 19.6 Å². The first-order chi connectivity index (χ1) is 13.8. The van der Waals surface area contributed by atoms with E-state index < -0.39 is 0 Å². The Morgan fingerprint density at radius 1 is 1.18 bits per heavy atom. The number of carbonyl (C=O) groups excluding carboxylic acids is 1. The zero-order valence-electron chi connectivity index (χ0n) is 15.9. The van der Waals surface area contributed by atoms with Crippen LogP contribution in [0.1, 0.15) is 5.56 Å². The summed E-state index contributed by atoms with van der Waals surface area (Å²) in [4.78, 5) is 19.3. The average molecular weight is 380 g/mol. The number of fused-ring (bicyclic) bond motifs is 1. The van der Waals surface area contributed by atoms with E-state index in [0.29, 0.717) is 31.0 Å². The average Bonchev–Trinajstić information content (AvgIpc) is 3.18. The van der Waals surface area contributed by atoms with Gasteiger partial charge in [0.2, 0.25) is 0 Å². The fourth-order valence-corrected chi connectivity index (χ4v) is 3.51. The molecule has 0 unspecified atom stereocenters. The molecule has 0 saturated carbocycles. The maximum Gasteiger partial charge on any atom is 0.327 e. The van der Waals surface area contributed by atoms with Gasteiger partial charge in [-0.2, -0.15) is 0 Å². The summed E-state index contributed by atoms with van der Waals surface area (Å²) in [6.45, 7) is 3.56. The highest BCUT2D eigenvalue weighted by atomic mass is 16.5. The standard InChI is InChI=1S/C21H24N4O3/c1-27-20-18(24-11-13-28-14-12-24)8-7-17-19(20)23-15-25(17)21(26)22-10-9-16-5-3-2-4-6-16/h2-8,15H,9-14H2,1H3,(H,22,26). The maximum absolute atomic E-state index is 12.6. The number of methoxy groups -OCH3 is 1. The van der Waals surface area contributed by atoms with Crippen molar-refractivity contribution in [2.45, 2.75) is 6.42 Å². The molecule has 0 atom stereocenters. The molecule has 3 aromatic rings. The number of nitrogens with zero attached hydrogens (tertiary/aromatic N) is 3. The van der Waals surface area contributed by atoms with Gasteiger partial charge in [0.25, 0.3) is 0 Å². The van der Waals surface area contributed by atoms with Crippen molar-refractivity contribution in [1.82, 2.24) is 14.9 Å². The number of hydrogen-bond acceptors (Lipinski definition) is 5. The molecule has 1 aliphatic rings. The van der Waals surface area contributed by atoms with Gasteiger partial charge in [0.1, 0.15) is 11.8 Å². The highest BCUT2D eigenvalue weighted by molar-refractivity contribution is 5.95. The van der Waals surface area contributed by atoms with Gasteiger partial charge in [-0.1, -0.05) is 30.3 Å². The zero-order chi connectivity index (χ0) is 19.3.